The molecule has 3 atom stereocenters. The zero-order valence-electron chi connectivity index (χ0n) is 24.3. The molecule has 0 radical (unpaired) electrons. The van der Waals surface area contributed by atoms with E-state index in [4.69, 9.17) is 5.73 Å². The van der Waals surface area contributed by atoms with Crippen LogP contribution in [0, 0.1) is 11.8 Å². The summed E-state index contributed by atoms with van der Waals surface area (Å²) in [5, 5.41) is 17.4. The minimum Gasteiger partial charge on any atom is -0.389 e. The van der Waals surface area contributed by atoms with E-state index in [0.29, 0.717) is 24.8 Å². The van der Waals surface area contributed by atoms with Crippen LogP contribution in [-0.2, 0) is 20.3 Å². The topological polar surface area (TPSA) is 160 Å². The molecule has 0 aromatic carbocycles. The standard InChI is InChI=1S/C27H48N6O5S2/c1-20(2)10-12-32(25(36)31-26(3,4)33-13-11-29-18-33)15-23(34)22(14-21-8-6-5-7-9-21)30-24(35)27(28)16-39-19-40(37,38)17-27/h11,13,18,20-23,34H,5-10,12,14-17,19,28H2,1-4H3,(H,30,35)(H,31,36)/t22-,23+,27?/m0/s1. The van der Waals surface area contributed by atoms with Crippen molar-refractivity contribution in [2.24, 2.45) is 17.6 Å². The zero-order valence-corrected chi connectivity index (χ0v) is 26.0. The van der Waals surface area contributed by atoms with Gasteiger partial charge in [0, 0.05) is 24.7 Å². The van der Waals surface area contributed by atoms with E-state index in [0.717, 1.165) is 43.9 Å². The number of nitrogens with zero attached hydrogens (tertiary/aromatic N) is 3. The van der Waals surface area contributed by atoms with Crippen LogP contribution in [0.1, 0.15) is 72.6 Å². The number of carbonyl (C=O) groups excluding carboxylic acids is 2. The van der Waals surface area contributed by atoms with Crippen molar-refractivity contribution in [2.45, 2.75) is 96.0 Å². The van der Waals surface area contributed by atoms with E-state index in [1.54, 1.807) is 28.2 Å². The van der Waals surface area contributed by atoms with Crippen LogP contribution in [0.3, 0.4) is 0 Å². The van der Waals surface area contributed by atoms with Gasteiger partial charge in [0.05, 0.1) is 35.9 Å². The number of imidazole rings is 1. The van der Waals surface area contributed by atoms with Crippen molar-refractivity contribution >= 4 is 33.5 Å². The minimum atomic E-state index is -3.45. The number of rotatable bonds is 12. The molecule has 1 unspecified atom stereocenters. The average molecular weight is 601 g/mol. The summed E-state index contributed by atoms with van der Waals surface area (Å²) in [6, 6.07) is -0.993. The molecule has 228 valence electrons. The molecule has 1 aliphatic heterocycles. The predicted molar refractivity (Wildman–Crippen MR) is 158 cm³/mol. The Morgan fingerprint density at radius 1 is 1.27 bits per heavy atom. The fraction of sp³-hybridized carbons (Fsp3) is 0.815. The first-order chi connectivity index (χ1) is 18.7. The van der Waals surface area contributed by atoms with Crippen molar-refractivity contribution in [3.63, 3.8) is 0 Å². The fourth-order valence-electron chi connectivity index (χ4n) is 5.40. The molecule has 3 amide bonds. The molecule has 2 heterocycles. The molecule has 1 aromatic rings. The normalized spacial score (nSPS) is 23.4. The van der Waals surface area contributed by atoms with Gasteiger partial charge in [-0.1, -0.05) is 46.0 Å². The van der Waals surface area contributed by atoms with Crippen LogP contribution in [0.15, 0.2) is 18.7 Å². The second-order valence-electron chi connectivity index (χ2n) is 12.5. The SMILES string of the molecule is CC(C)CCN(C[C@@H](O)[C@H](CC1CCCCC1)NC(=O)C1(N)CSCS(=O)(=O)C1)C(=O)NC(C)(C)n1ccnc1. The molecule has 0 bridgehead atoms. The first-order valence-electron chi connectivity index (χ1n) is 14.3. The highest BCUT2D eigenvalue weighted by atomic mass is 32.3. The Bertz CT molecular complexity index is 1080. The summed E-state index contributed by atoms with van der Waals surface area (Å²) >= 11 is 1.13. The van der Waals surface area contributed by atoms with E-state index in [-0.39, 0.29) is 23.4 Å². The van der Waals surface area contributed by atoms with Gasteiger partial charge in [0.1, 0.15) is 11.2 Å². The molecule has 2 aliphatic rings. The maximum absolute atomic E-state index is 13.5. The Hall–Kier alpha value is -1.83. The number of sulfone groups is 1. The molecule has 3 rings (SSSR count). The van der Waals surface area contributed by atoms with Crippen molar-refractivity contribution < 1.29 is 23.1 Å². The summed E-state index contributed by atoms with van der Waals surface area (Å²) in [5.74, 6) is -0.129. The van der Waals surface area contributed by atoms with Crippen LogP contribution in [0.4, 0.5) is 4.79 Å². The van der Waals surface area contributed by atoms with E-state index < -0.39 is 44.8 Å². The largest absolute Gasteiger partial charge is 0.389 e. The summed E-state index contributed by atoms with van der Waals surface area (Å²) < 4.78 is 26.3. The highest BCUT2D eigenvalue weighted by Crippen LogP contribution is 2.29. The monoisotopic (exact) mass is 600 g/mol. The molecule has 0 spiro atoms. The molecule has 2 fully saturated rings. The summed E-state index contributed by atoms with van der Waals surface area (Å²) in [7, 11) is -3.45. The van der Waals surface area contributed by atoms with Gasteiger partial charge in [0.25, 0.3) is 0 Å². The van der Waals surface area contributed by atoms with Gasteiger partial charge in [-0.25, -0.2) is 18.2 Å². The molecule has 1 saturated heterocycles. The number of urea groups is 1. The van der Waals surface area contributed by atoms with Crippen LogP contribution >= 0.6 is 11.8 Å². The Kier molecular flexibility index (Phi) is 11.3. The number of hydrogen-bond donors (Lipinski definition) is 4. The van der Waals surface area contributed by atoms with Gasteiger partial charge in [0.2, 0.25) is 5.91 Å². The molecule has 1 aromatic heterocycles. The van der Waals surface area contributed by atoms with Crippen LogP contribution in [0.25, 0.3) is 0 Å². The minimum absolute atomic E-state index is 0.0147. The zero-order chi connectivity index (χ0) is 29.6. The van der Waals surface area contributed by atoms with Crippen LogP contribution in [0.5, 0.6) is 0 Å². The third-order valence-corrected chi connectivity index (χ3v) is 11.7. The van der Waals surface area contributed by atoms with Gasteiger partial charge in [-0.15, -0.1) is 11.8 Å². The summed E-state index contributed by atoms with van der Waals surface area (Å²) in [5.41, 5.74) is 4.02. The van der Waals surface area contributed by atoms with E-state index >= 15 is 0 Å². The lowest BCUT2D eigenvalue weighted by molar-refractivity contribution is -0.126. The van der Waals surface area contributed by atoms with Crippen molar-refractivity contribution in [1.29, 1.82) is 0 Å². The second kappa shape index (κ2) is 13.9. The fourth-order valence-corrected chi connectivity index (χ4v) is 8.83. The summed E-state index contributed by atoms with van der Waals surface area (Å²) in [6.07, 6.45) is 10.7. The maximum atomic E-state index is 13.5. The molecule has 13 heteroatoms. The molecule has 1 saturated carbocycles. The lowest BCUT2D eigenvalue weighted by Gasteiger charge is -2.37. The van der Waals surface area contributed by atoms with E-state index in [9.17, 15) is 23.1 Å². The van der Waals surface area contributed by atoms with E-state index in [2.05, 4.69) is 29.5 Å². The number of nitrogens with one attached hydrogen (secondary N) is 2. The third kappa shape index (κ3) is 9.35. The van der Waals surface area contributed by atoms with Crippen LogP contribution in [0.2, 0.25) is 0 Å². The number of aromatic nitrogens is 2. The smallest absolute Gasteiger partial charge is 0.319 e. The molecule has 11 nitrogen and oxygen atoms in total. The Labute approximate surface area is 243 Å². The third-order valence-electron chi connectivity index (χ3n) is 7.88. The number of hydrogen-bond acceptors (Lipinski definition) is 8. The van der Waals surface area contributed by atoms with Gasteiger partial charge in [-0.2, -0.15) is 0 Å². The van der Waals surface area contributed by atoms with Gasteiger partial charge < -0.3 is 30.9 Å². The van der Waals surface area contributed by atoms with E-state index in [1.807, 2.05) is 13.8 Å². The Morgan fingerprint density at radius 3 is 2.58 bits per heavy atom. The first kappa shape index (κ1) is 32.7. The van der Waals surface area contributed by atoms with Gasteiger partial charge in [-0.05, 0) is 38.5 Å². The van der Waals surface area contributed by atoms with Crippen molar-refractivity contribution in [2.75, 3.05) is 29.7 Å². The lowest BCUT2D eigenvalue weighted by atomic mass is 9.83. The van der Waals surface area contributed by atoms with Gasteiger partial charge in [-0.3, -0.25) is 4.79 Å². The molecule has 5 N–H and O–H groups in total. The second-order valence-corrected chi connectivity index (χ2v) is 15.9. The van der Waals surface area contributed by atoms with Crippen molar-refractivity contribution in [1.82, 2.24) is 25.1 Å². The first-order valence-corrected chi connectivity index (χ1v) is 17.3. The number of aliphatic hydroxyl groups excluding tert-OH is 1. The van der Waals surface area contributed by atoms with Gasteiger partial charge in [0.15, 0.2) is 9.84 Å². The number of aliphatic hydroxyl groups is 1. The highest BCUT2D eigenvalue weighted by molar-refractivity contribution is 8.13. The van der Waals surface area contributed by atoms with Crippen molar-refractivity contribution in [3.05, 3.63) is 18.7 Å². The number of thioether (sulfide) groups is 1. The van der Waals surface area contributed by atoms with Crippen molar-refractivity contribution in [3.8, 4) is 0 Å². The number of carbonyl (C=O) groups is 2. The molecular weight excluding hydrogens is 552 g/mol. The summed E-state index contributed by atoms with van der Waals surface area (Å²) in [6.45, 7) is 8.33. The average Bonchev–Trinajstić information content (AvgIpc) is 3.42. The van der Waals surface area contributed by atoms with Gasteiger partial charge >= 0.3 is 6.03 Å². The number of nitrogens with two attached hydrogens (primary N) is 1. The Morgan fingerprint density at radius 2 is 1.98 bits per heavy atom. The number of amides is 3. The Balaban J connectivity index is 1.78. The van der Waals surface area contributed by atoms with Crippen LogP contribution in [-0.4, -0.2) is 87.3 Å². The molecule has 1 aliphatic carbocycles. The summed E-state index contributed by atoms with van der Waals surface area (Å²) in [4.78, 5) is 32.6. The maximum Gasteiger partial charge on any atom is 0.319 e. The molecular formula is C27H48N6O5S2. The quantitative estimate of drug-likeness (QED) is 0.284. The molecule has 40 heavy (non-hydrogen) atoms. The predicted octanol–water partition coefficient (Wildman–Crippen LogP) is 2.27. The lowest BCUT2D eigenvalue weighted by Crippen LogP contribution is -2.65. The van der Waals surface area contributed by atoms with Crippen LogP contribution < -0.4 is 16.4 Å². The highest BCUT2D eigenvalue weighted by Gasteiger charge is 2.44. The van der Waals surface area contributed by atoms with E-state index in [1.165, 1.54) is 6.42 Å².